The van der Waals surface area contributed by atoms with E-state index in [0.29, 0.717) is 36.6 Å². The molecule has 1 saturated heterocycles. The Morgan fingerprint density at radius 2 is 1.97 bits per heavy atom. The lowest BCUT2D eigenvalue weighted by atomic mass is 9.92. The molecule has 0 aliphatic carbocycles. The molecule has 8 nitrogen and oxygen atoms in total. The van der Waals surface area contributed by atoms with Gasteiger partial charge in [0.1, 0.15) is 5.82 Å². The molecule has 4 rings (SSSR count). The molecule has 1 aliphatic rings. The van der Waals surface area contributed by atoms with Gasteiger partial charge in [0.05, 0.1) is 36.2 Å². The van der Waals surface area contributed by atoms with E-state index in [9.17, 15) is 4.79 Å². The highest BCUT2D eigenvalue weighted by Gasteiger charge is 2.38. The van der Waals surface area contributed by atoms with Crippen LogP contribution in [0.2, 0.25) is 0 Å². The smallest absolute Gasteiger partial charge is 0.339 e. The zero-order valence-corrected chi connectivity index (χ0v) is 24.7. The van der Waals surface area contributed by atoms with E-state index in [1.807, 2.05) is 62.5 Å². The van der Waals surface area contributed by atoms with E-state index in [2.05, 4.69) is 34.3 Å². The van der Waals surface area contributed by atoms with Gasteiger partial charge in [0, 0.05) is 34.9 Å². The summed E-state index contributed by atoms with van der Waals surface area (Å²) in [5.74, 6) is 0.320. The first-order chi connectivity index (χ1) is 17.9. The van der Waals surface area contributed by atoms with E-state index in [1.165, 1.54) is 7.11 Å². The van der Waals surface area contributed by atoms with Crippen LogP contribution in [0, 0.1) is 6.92 Å². The van der Waals surface area contributed by atoms with Crippen molar-refractivity contribution in [2.45, 2.75) is 64.8 Å². The summed E-state index contributed by atoms with van der Waals surface area (Å²) in [6.45, 7) is 15.6. The Kier molecular flexibility index (Phi) is 8.30. The average Bonchev–Trinajstić information content (AvgIpc) is 3.29. The number of aromatic nitrogens is 3. The molecule has 204 valence electrons. The first-order valence-corrected chi connectivity index (χ1v) is 13.7. The number of fused-ring (bicyclic) bond motifs is 1. The van der Waals surface area contributed by atoms with Crippen LogP contribution in [0.5, 0.6) is 0 Å². The van der Waals surface area contributed by atoms with Gasteiger partial charge in [0.2, 0.25) is 0 Å². The topological polar surface area (TPSA) is 78.2 Å². The molecule has 1 fully saturated rings. The van der Waals surface area contributed by atoms with E-state index in [1.54, 1.807) is 6.08 Å². The predicted octanol–water partition coefficient (Wildman–Crippen LogP) is 6.06. The van der Waals surface area contributed by atoms with E-state index in [-0.39, 0.29) is 5.60 Å². The fourth-order valence-corrected chi connectivity index (χ4v) is 5.20. The lowest BCUT2D eigenvalue weighted by Gasteiger charge is -2.41. The molecule has 0 saturated carbocycles. The Bertz CT molecular complexity index is 1320. The minimum atomic E-state index is -0.962. The zero-order chi connectivity index (χ0) is 27.7. The Morgan fingerprint density at radius 1 is 1.26 bits per heavy atom. The summed E-state index contributed by atoms with van der Waals surface area (Å²) in [6, 6.07) is 9.98. The summed E-state index contributed by atoms with van der Waals surface area (Å²) in [5.41, 5.74) is 2.98. The van der Waals surface area contributed by atoms with Crippen LogP contribution >= 0.6 is 15.9 Å². The monoisotopic (exact) mass is 584 g/mol. The number of methoxy groups -OCH3 is 1. The summed E-state index contributed by atoms with van der Waals surface area (Å²) in [6.07, 6.45) is 2.44. The fraction of sp³-hybridized carbons (Fsp3) is 0.483. The minimum absolute atomic E-state index is 0.249. The summed E-state index contributed by atoms with van der Waals surface area (Å²) in [7, 11) is 1.38. The number of hydrogen-bond donors (Lipinski definition) is 0. The van der Waals surface area contributed by atoms with Crippen molar-refractivity contribution in [2.24, 2.45) is 0 Å². The van der Waals surface area contributed by atoms with Crippen LogP contribution in [-0.4, -0.2) is 58.6 Å². The molecule has 0 N–H and O–H groups in total. The molecule has 0 bridgehead atoms. The molecular weight excluding hydrogens is 548 g/mol. The van der Waals surface area contributed by atoms with Gasteiger partial charge in [-0.3, -0.25) is 0 Å². The number of carbonyl (C=O) groups is 1. The van der Waals surface area contributed by atoms with Gasteiger partial charge in [-0.15, -0.1) is 6.58 Å². The third-order valence-electron chi connectivity index (χ3n) is 6.74. The van der Waals surface area contributed by atoms with Crippen molar-refractivity contribution >= 4 is 33.4 Å². The van der Waals surface area contributed by atoms with Crippen molar-refractivity contribution in [2.75, 3.05) is 31.7 Å². The first-order valence-electron chi connectivity index (χ1n) is 12.9. The second-order valence-corrected chi connectivity index (χ2v) is 11.8. The Balaban J connectivity index is 1.89. The van der Waals surface area contributed by atoms with E-state index >= 15 is 0 Å². The maximum atomic E-state index is 13.1. The molecule has 0 unspecified atom stereocenters. The Hall–Kier alpha value is -2.75. The van der Waals surface area contributed by atoms with Gasteiger partial charge >= 0.3 is 5.97 Å². The van der Waals surface area contributed by atoms with E-state index < -0.39 is 17.7 Å². The number of piperidine rings is 1. The summed E-state index contributed by atoms with van der Waals surface area (Å²) in [5, 5.41) is 4.99. The van der Waals surface area contributed by atoms with Gasteiger partial charge in [0.15, 0.2) is 11.8 Å². The largest absolute Gasteiger partial charge is 0.467 e. The Labute approximate surface area is 233 Å². The molecular formula is C29H37BrN4O4. The summed E-state index contributed by atoms with van der Waals surface area (Å²) >= 11 is 3.56. The standard InChI is InChI=1S/C29H37BrN4O4/c1-8-16-37-29(6)12-14-33(15-13-29)26-24(25(27(35)36-7)38-28(3,4)5)19(2)31-23-18-22(32-34(23)26)20-10-9-11-21(30)17-20/h8-11,17-18,25H,1,12-16H2,2-7H3/t25-/m0/s1. The van der Waals surface area contributed by atoms with Crippen LogP contribution in [0.15, 0.2) is 47.5 Å². The third kappa shape index (κ3) is 6.11. The highest BCUT2D eigenvalue weighted by molar-refractivity contribution is 9.10. The third-order valence-corrected chi connectivity index (χ3v) is 7.24. The normalized spacial score (nSPS) is 16.4. The number of rotatable bonds is 8. The molecule has 9 heteroatoms. The highest BCUT2D eigenvalue weighted by Crippen LogP contribution is 2.38. The van der Waals surface area contributed by atoms with Gasteiger partial charge in [-0.1, -0.05) is 34.1 Å². The van der Waals surface area contributed by atoms with Crippen LogP contribution in [0.1, 0.15) is 57.9 Å². The first kappa shape index (κ1) is 28.3. The molecule has 0 radical (unpaired) electrons. The molecule has 3 aromatic rings. The van der Waals surface area contributed by atoms with Crippen LogP contribution in [0.4, 0.5) is 5.82 Å². The number of ether oxygens (including phenoxy) is 3. The number of halogens is 1. The van der Waals surface area contributed by atoms with E-state index in [0.717, 1.165) is 34.4 Å². The average molecular weight is 586 g/mol. The van der Waals surface area contributed by atoms with Crippen LogP contribution in [0.3, 0.4) is 0 Å². The zero-order valence-electron chi connectivity index (χ0n) is 23.1. The number of esters is 1. The quantitative estimate of drug-likeness (QED) is 0.235. The number of nitrogens with zero attached hydrogens (tertiary/aromatic N) is 4. The molecule has 3 heterocycles. The molecule has 1 aliphatic heterocycles. The van der Waals surface area contributed by atoms with Crippen molar-refractivity contribution < 1.29 is 19.0 Å². The molecule has 1 atom stereocenters. The van der Waals surface area contributed by atoms with Crippen molar-refractivity contribution in [3.8, 4) is 11.3 Å². The van der Waals surface area contributed by atoms with E-state index in [4.69, 9.17) is 24.3 Å². The second kappa shape index (κ2) is 11.2. The lowest BCUT2D eigenvalue weighted by molar-refractivity contribution is -0.164. The van der Waals surface area contributed by atoms with Gasteiger partial charge in [-0.05, 0) is 59.6 Å². The van der Waals surface area contributed by atoms with Gasteiger partial charge < -0.3 is 19.1 Å². The van der Waals surface area contributed by atoms with Crippen LogP contribution in [-0.2, 0) is 19.0 Å². The lowest BCUT2D eigenvalue weighted by Crippen LogP contribution is -2.45. The second-order valence-electron chi connectivity index (χ2n) is 10.9. The van der Waals surface area contributed by atoms with Crippen LogP contribution < -0.4 is 4.90 Å². The van der Waals surface area contributed by atoms with Gasteiger partial charge in [0.25, 0.3) is 0 Å². The number of carbonyl (C=O) groups excluding carboxylic acids is 1. The molecule has 38 heavy (non-hydrogen) atoms. The van der Waals surface area contributed by atoms with Gasteiger partial charge in [-0.25, -0.2) is 9.78 Å². The molecule has 0 spiro atoms. The number of hydrogen-bond acceptors (Lipinski definition) is 7. The van der Waals surface area contributed by atoms with Crippen molar-refractivity contribution in [1.82, 2.24) is 14.6 Å². The number of aryl methyl sites for hydroxylation is 1. The summed E-state index contributed by atoms with van der Waals surface area (Å²) in [4.78, 5) is 20.3. The fourth-order valence-electron chi connectivity index (χ4n) is 4.80. The van der Waals surface area contributed by atoms with Crippen LogP contribution in [0.25, 0.3) is 16.9 Å². The van der Waals surface area contributed by atoms with Crippen molar-refractivity contribution in [3.63, 3.8) is 0 Å². The maximum absolute atomic E-state index is 13.1. The van der Waals surface area contributed by atoms with Crippen molar-refractivity contribution in [3.05, 3.63) is 58.7 Å². The predicted molar refractivity (Wildman–Crippen MR) is 152 cm³/mol. The van der Waals surface area contributed by atoms with Gasteiger partial charge in [-0.2, -0.15) is 9.61 Å². The number of anilines is 1. The Morgan fingerprint density at radius 3 is 2.58 bits per heavy atom. The highest BCUT2D eigenvalue weighted by atomic mass is 79.9. The minimum Gasteiger partial charge on any atom is -0.467 e. The SMILES string of the molecule is C=CCOC1(C)CCN(c2c([C@H](OC(C)(C)C)C(=O)OC)c(C)nc3cc(-c4cccc(Br)c4)nn23)CC1. The summed E-state index contributed by atoms with van der Waals surface area (Å²) < 4.78 is 20.4. The number of benzene rings is 1. The molecule has 0 amide bonds. The maximum Gasteiger partial charge on any atom is 0.339 e. The van der Waals surface area contributed by atoms with Crippen molar-refractivity contribution in [1.29, 1.82) is 0 Å². The molecule has 2 aromatic heterocycles. The molecule has 1 aromatic carbocycles.